The second-order valence-corrected chi connectivity index (χ2v) is 5.91. The molecule has 2 aromatic heterocycles. The van der Waals surface area contributed by atoms with Gasteiger partial charge in [-0.05, 0) is 38.5 Å². The van der Waals surface area contributed by atoms with Crippen LogP contribution in [0.5, 0.6) is 0 Å². The van der Waals surface area contributed by atoms with Crippen LogP contribution in [0.15, 0.2) is 18.3 Å². The fourth-order valence-corrected chi connectivity index (χ4v) is 2.84. The van der Waals surface area contributed by atoms with Crippen LogP contribution in [0.2, 0.25) is 5.02 Å². The molecule has 0 aliphatic carbocycles. The molecule has 1 N–H and O–H groups in total. The molecule has 0 radical (unpaired) electrons. The first-order valence-electron chi connectivity index (χ1n) is 8.27. The number of rotatable bonds is 8. The molecular weight excluding hydrogens is 312 g/mol. The van der Waals surface area contributed by atoms with Gasteiger partial charge in [0.15, 0.2) is 0 Å². The number of nitrogens with one attached hydrogen (secondary N) is 1. The van der Waals surface area contributed by atoms with E-state index in [0.717, 1.165) is 31.7 Å². The predicted molar refractivity (Wildman–Crippen MR) is 94.3 cm³/mol. The van der Waals surface area contributed by atoms with Gasteiger partial charge < -0.3 is 10.2 Å². The molecule has 2 heterocycles. The van der Waals surface area contributed by atoms with E-state index in [1.807, 2.05) is 11.3 Å². The molecule has 0 saturated heterocycles. The molecule has 0 bridgehead atoms. The van der Waals surface area contributed by atoms with Crippen LogP contribution < -0.4 is 5.32 Å². The summed E-state index contributed by atoms with van der Waals surface area (Å²) in [6, 6.07) is 3.55. The summed E-state index contributed by atoms with van der Waals surface area (Å²) in [6.45, 7) is 10.0. The molecule has 0 atom stereocenters. The summed E-state index contributed by atoms with van der Waals surface area (Å²) >= 11 is 6.00. The maximum Gasteiger partial charge on any atom is 0.270 e. The molecule has 2 rings (SSSR count). The first-order valence-corrected chi connectivity index (χ1v) is 8.65. The van der Waals surface area contributed by atoms with E-state index >= 15 is 0 Å². The third-order valence-corrected chi connectivity index (χ3v) is 4.28. The molecule has 23 heavy (non-hydrogen) atoms. The quantitative estimate of drug-likeness (QED) is 0.754. The fraction of sp³-hybridized carbons (Fsp3) is 0.529. The van der Waals surface area contributed by atoms with Gasteiger partial charge in [0.1, 0.15) is 11.3 Å². The van der Waals surface area contributed by atoms with Crippen LogP contribution in [0, 0.1) is 0 Å². The smallest absolute Gasteiger partial charge is 0.270 e. The average Bonchev–Trinajstić information content (AvgIpc) is 2.92. The molecule has 0 aliphatic heterocycles. The Hall–Kier alpha value is -1.59. The Balaban J connectivity index is 2.05. The van der Waals surface area contributed by atoms with Crippen molar-refractivity contribution < 1.29 is 4.79 Å². The number of amides is 1. The van der Waals surface area contributed by atoms with Gasteiger partial charge in [-0.3, -0.25) is 9.20 Å². The number of carbonyl (C=O) groups excluding carboxylic acids is 1. The second kappa shape index (κ2) is 8.31. The summed E-state index contributed by atoms with van der Waals surface area (Å²) in [4.78, 5) is 19.4. The minimum Gasteiger partial charge on any atom is -0.351 e. The number of aromatic nitrogens is 2. The molecule has 0 unspecified atom stereocenters. The van der Waals surface area contributed by atoms with E-state index in [1.54, 1.807) is 18.3 Å². The van der Waals surface area contributed by atoms with Crippen molar-refractivity contribution in [3.8, 4) is 0 Å². The van der Waals surface area contributed by atoms with Crippen LogP contribution in [0.1, 0.15) is 43.4 Å². The van der Waals surface area contributed by atoms with Gasteiger partial charge in [-0.25, -0.2) is 4.98 Å². The molecule has 0 fully saturated rings. The number of imidazole rings is 1. The average molecular weight is 337 g/mol. The SMILES string of the molecule is CCc1nc2cc(Cl)ccn2c1C(=O)NCCCN(CC)CC. The first-order chi connectivity index (χ1) is 11.1. The third kappa shape index (κ3) is 4.24. The summed E-state index contributed by atoms with van der Waals surface area (Å²) in [7, 11) is 0. The van der Waals surface area contributed by atoms with E-state index in [9.17, 15) is 4.79 Å². The summed E-state index contributed by atoms with van der Waals surface area (Å²) in [5.41, 5.74) is 2.12. The lowest BCUT2D eigenvalue weighted by molar-refractivity contribution is 0.0945. The van der Waals surface area contributed by atoms with Gasteiger partial charge in [-0.15, -0.1) is 0 Å². The number of aryl methyl sites for hydroxylation is 1. The highest BCUT2D eigenvalue weighted by Gasteiger charge is 2.17. The largest absolute Gasteiger partial charge is 0.351 e. The van der Waals surface area contributed by atoms with Crippen LogP contribution >= 0.6 is 11.6 Å². The van der Waals surface area contributed by atoms with Crippen molar-refractivity contribution in [2.45, 2.75) is 33.6 Å². The van der Waals surface area contributed by atoms with Crippen molar-refractivity contribution in [1.29, 1.82) is 0 Å². The minimum absolute atomic E-state index is 0.0729. The van der Waals surface area contributed by atoms with E-state index < -0.39 is 0 Å². The maximum atomic E-state index is 12.5. The number of nitrogens with zero attached hydrogens (tertiary/aromatic N) is 3. The van der Waals surface area contributed by atoms with Crippen molar-refractivity contribution in [3.05, 3.63) is 34.7 Å². The van der Waals surface area contributed by atoms with E-state index in [4.69, 9.17) is 11.6 Å². The predicted octanol–water partition coefficient (Wildman–Crippen LogP) is 3.01. The van der Waals surface area contributed by atoms with Gasteiger partial charge in [-0.1, -0.05) is 32.4 Å². The lowest BCUT2D eigenvalue weighted by Gasteiger charge is -2.17. The summed E-state index contributed by atoms with van der Waals surface area (Å²) in [5.74, 6) is -0.0729. The highest BCUT2D eigenvalue weighted by molar-refractivity contribution is 6.30. The zero-order chi connectivity index (χ0) is 16.8. The normalized spacial score (nSPS) is 11.3. The zero-order valence-electron chi connectivity index (χ0n) is 14.1. The highest BCUT2D eigenvalue weighted by atomic mass is 35.5. The van der Waals surface area contributed by atoms with Crippen LogP contribution in [-0.4, -0.2) is 46.4 Å². The number of halogens is 1. The van der Waals surface area contributed by atoms with Gasteiger partial charge in [0.25, 0.3) is 5.91 Å². The Morgan fingerprint density at radius 2 is 2.09 bits per heavy atom. The standard InChI is InChI=1S/C17H25ClN4O/c1-4-14-16(22-11-8-13(18)12-15(22)20-14)17(23)19-9-7-10-21(5-2)6-3/h8,11-12H,4-7,9-10H2,1-3H3,(H,19,23). The molecule has 0 spiro atoms. The van der Waals surface area contributed by atoms with Crippen molar-refractivity contribution in [1.82, 2.24) is 19.6 Å². The van der Waals surface area contributed by atoms with Gasteiger partial charge in [0, 0.05) is 23.8 Å². The Kier molecular flexibility index (Phi) is 6.42. The Morgan fingerprint density at radius 1 is 1.35 bits per heavy atom. The molecular formula is C17H25ClN4O. The summed E-state index contributed by atoms with van der Waals surface area (Å²) < 4.78 is 1.81. The Labute approximate surface area is 142 Å². The fourth-order valence-electron chi connectivity index (χ4n) is 2.68. The van der Waals surface area contributed by atoms with Crippen molar-refractivity contribution in [2.24, 2.45) is 0 Å². The number of hydrogen-bond donors (Lipinski definition) is 1. The molecule has 6 heteroatoms. The monoisotopic (exact) mass is 336 g/mol. The molecule has 126 valence electrons. The van der Waals surface area contributed by atoms with Crippen LogP contribution in [0.3, 0.4) is 0 Å². The van der Waals surface area contributed by atoms with Gasteiger partial charge in [0.2, 0.25) is 0 Å². The van der Waals surface area contributed by atoms with Gasteiger partial charge in [-0.2, -0.15) is 0 Å². The lowest BCUT2D eigenvalue weighted by atomic mass is 10.2. The summed E-state index contributed by atoms with van der Waals surface area (Å²) in [5, 5.41) is 3.63. The van der Waals surface area contributed by atoms with E-state index in [-0.39, 0.29) is 5.91 Å². The maximum absolute atomic E-state index is 12.5. The molecule has 2 aromatic rings. The Bertz CT molecular complexity index is 664. The molecule has 1 amide bonds. The van der Waals surface area contributed by atoms with Crippen molar-refractivity contribution >= 4 is 23.2 Å². The number of hydrogen-bond acceptors (Lipinski definition) is 3. The second-order valence-electron chi connectivity index (χ2n) is 5.47. The van der Waals surface area contributed by atoms with Crippen molar-refractivity contribution in [3.63, 3.8) is 0 Å². The number of carbonyl (C=O) groups is 1. The Morgan fingerprint density at radius 3 is 2.74 bits per heavy atom. The zero-order valence-corrected chi connectivity index (χ0v) is 14.9. The molecule has 5 nitrogen and oxygen atoms in total. The van der Waals surface area contributed by atoms with Crippen LogP contribution in [0.25, 0.3) is 5.65 Å². The van der Waals surface area contributed by atoms with E-state index in [0.29, 0.717) is 29.3 Å². The van der Waals surface area contributed by atoms with Gasteiger partial charge in [0.05, 0.1) is 5.69 Å². The first kappa shape index (κ1) is 17.8. The highest BCUT2D eigenvalue weighted by Crippen LogP contribution is 2.17. The van der Waals surface area contributed by atoms with Crippen LogP contribution in [0.4, 0.5) is 0 Å². The number of fused-ring (bicyclic) bond motifs is 1. The molecule has 0 aliphatic rings. The van der Waals surface area contributed by atoms with E-state index in [2.05, 4.69) is 29.0 Å². The van der Waals surface area contributed by atoms with Gasteiger partial charge >= 0.3 is 0 Å². The molecule has 0 saturated carbocycles. The third-order valence-electron chi connectivity index (χ3n) is 4.04. The van der Waals surface area contributed by atoms with Crippen molar-refractivity contribution in [2.75, 3.05) is 26.2 Å². The van der Waals surface area contributed by atoms with E-state index in [1.165, 1.54) is 0 Å². The summed E-state index contributed by atoms with van der Waals surface area (Å²) in [6.07, 6.45) is 3.45. The number of pyridine rings is 1. The topological polar surface area (TPSA) is 49.6 Å². The lowest BCUT2D eigenvalue weighted by Crippen LogP contribution is -2.30. The minimum atomic E-state index is -0.0729. The molecule has 0 aromatic carbocycles. The van der Waals surface area contributed by atoms with Crippen LogP contribution in [-0.2, 0) is 6.42 Å².